The quantitative estimate of drug-likeness (QED) is 0.0382. The summed E-state index contributed by atoms with van der Waals surface area (Å²) in [5.74, 6) is -1.37. The Labute approximate surface area is 369 Å². The first-order valence-corrected chi connectivity index (χ1v) is 22.3. The molecule has 0 spiro atoms. The third kappa shape index (κ3) is 11.7. The van der Waals surface area contributed by atoms with Crippen molar-refractivity contribution in [2.75, 3.05) is 59.4 Å². The Hall–Kier alpha value is -4.84. The van der Waals surface area contributed by atoms with Gasteiger partial charge >= 0.3 is 6.09 Å². The molecule has 1 saturated heterocycles. The lowest BCUT2D eigenvalue weighted by Crippen LogP contribution is -2.70. The number of nitro groups is 1. The molecule has 2 fully saturated rings. The highest BCUT2D eigenvalue weighted by Gasteiger charge is 2.65. The summed E-state index contributed by atoms with van der Waals surface area (Å²) in [6.45, 7) is 8.57. The molecule has 1 saturated carbocycles. The number of aliphatic hydroxyl groups excluding tert-OH is 3. The number of nitro benzene ring substituents is 1. The van der Waals surface area contributed by atoms with Crippen LogP contribution in [-0.2, 0) is 23.8 Å². The van der Waals surface area contributed by atoms with Crippen LogP contribution in [-0.4, -0.2) is 114 Å². The summed E-state index contributed by atoms with van der Waals surface area (Å²) in [6, 6.07) is 10.6. The third-order valence-corrected chi connectivity index (χ3v) is 12.2. The van der Waals surface area contributed by atoms with E-state index in [0.717, 1.165) is 43.2 Å². The average molecular weight is 878 g/mol. The third-order valence-electron chi connectivity index (χ3n) is 12.2. The number of rotatable bonds is 25. The van der Waals surface area contributed by atoms with Crippen molar-refractivity contribution < 1.29 is 58.3 Å². The number of hydrogen-bond donors (Lipinski definition) is 3. The second-order valence-electron chi connectivity index (χ2n) is 16.3. The summed E-state index contributed by atoms with van der Waals surface area (Å²) >= 11 is 0. The molecule has 0 bridgehead atoms. The average Bonchev–Trinajstić information content (AvgIpc) is 3.29. The van der Waals surface area contributed by atoms with Crippen LogP contribution < -0.4 is 9.47 Å². The summed E-state index contributed by atoms with van der Waals surface area (Å²) in [4.78, 5) is 33.4. The van der Waals surface area contributed by atoms with Crippen LogP contribution >= 0.6 is 0 Å². The SMILES string of the molecule is C=CCCOC(=O)N(CCOCCO)C1CC(=NOC2CCCCO2)C2=CC(CCCCO)C(CCCCO)C3c4cc(Oc5cccc([N+](=O)[O-])c5)ccc4OC1(OCC=C)C23. The number of oxime groups is 1. The Kier molecular flexibility index (Phi) is 17.9. The summed E-state index contributed by atoms with van der Waals surface area (Å²) in [5, 5.41) is 45.9. The number of aliphatic hydroxyl groups is 3. The number of nitrogens with zero attached hydrogens (tertiary/aromatic N) is 3. The maximum Gasteiger partial charge on any atom is 0.410 e. The van der Waals surface area contributed by atoms with Gasteiger partial charge in [-0.1, -0.05) is 42.3 Å². The number of ether oxygens (including phenoxy) is 6. The van der Waals surface area contributed by atoms with Crippen LogP contribution in [0.1, 0.15) is 82.1 Å². The van der Waals surface area contributed by atoms with Crippen LogP contribution in [0, 0.1) is 27.9 Å². The van der Waals surface area contributed by atoms with Crippen LogP contribution in [0.5, 0.6) is 17.2 Å². The van der Waals surface area contributed by atoms with E-state index in [1.165, 1.54) is 12.1 Å². The Morgan fingerprint density at radius 2 is 1.79 bits per heavy atom. The highest BCUT2D eigenvalue weighted by Crippen LogP contribution is 2.62. The summed E-state index contributed by atoms with van der Waals surface area (Å²) in [6.07, 6.45) is 11.6. The highest BCUT2D eigenvalue weighted by atomic mass is 16.8. The molecule has 7 unspecified atom stereocenters. The van der Waals surface area contributed by atoms with Crippen LogP contribution in [0.25, 0.3) is 0 Å². The van der Waals surface area contributed by atoms with Crippen molar-refractivity contribution >= 4 is 17.5 Å². The molecular formula is C47H63N3O13. The van der Waals surface area contributed by atoms with Gasteiger partial charge in [0.05, 0.1) is 62.3 Å². The van der Waals surface area contributed by atoms with Gasteiger partial charge in [-0.05, 0) is 86.6 Å². The van der Waals surface area contributed by atoms with E-state index in [1.54, 1.807) is 35.3 Å². The largest absolute Gasteiger partial charge is 0.459 e. The molecule has 2 aliphatic heterocycles. The van der Waals surface area contributed by atoms with Crippen molar-refractivity contribution in [2.45, 2.75) is 94.7 Å². The monoisotopic (exact) mass is 877 g/mol. The van der Waals surface area contributed by atoms with Gasteiger partial charge in [0.15, 0.2) is 0 Å². The lowest BCUT2D eigenvalue weighted by molar-refractivity contribution is -0.384. The van der Waals surface area contributed by atoms with E-state index in [1.807, 2.05) is 12.1 Å². The van der Waals surface area contributed by atoms with Gasteiger partial charge < -0.3 is 48.6 Å². The van der Waals surface area contributed by atoms with Crippen molar-refractivity contribution in [3.05, 3.63) is 95.1 Å². The predicted octanol–water partition coefficient (Wildman–Crippen LogP) is 7.57. The second kappa shape index (κ2) is 23.7. The number of fused-ring (bicyclic) bond motifs is 2. The van der Waals surface area contributed by atoms with Crippen LogP contribution in [0.3, 0.4) is 0 Å². The van der Waals surface area contributed by atoms with Gasteiger partial charge in [0.1, 0.15) is 23.3 Å². The maximum atomic E-state index is 14.4. The number of hydrogen-bond acceptors (Lipinski definition) is 14. The number of unbranched alkanes of at least 4 members (excludes halogenated alkanes) is 2. The Bertz CT molecular complexity index is 1900. The van der Waals surface area contributed by atoms with Crippen molar-refractivity contribution in [3.8, 4) is 17.2 Å². The van der Waals surface area contributed by atoms with Gasteiger partial charge in [-0.25, -0.2) is 4.79 Å². The first-order chi connectivity index (χ1) is 30.8. The molecule has 7 atom stereocenters. The van der Waals surface area contributed by atoms with Gasteiger partial charge in [-0.3, -0.25) is 15.0 Å². The molecule has 0 radical (unpaired) electrons. The minimum absolute atomic E-state index is 0.0181. The minimum atomic E-state index is -1.56. The standard InChI is InChI=1S/C47H63N3O13/c1-3-5-25-59-46(54)49(20-27-57-28-23-53)42-32-40(48-63-43-17-8-11-26-58-43)38-29-33(13-6-9-21-51)37(16-7-10-22-52)44-39-31-36(61-35-15-12-14-34(30-35)50(55)56)18-19-41(39)62-47(42,45(38)44)60-24-4-2/h3-4,12,14-15,18-19,29-31,33,37,42-45,51-53H,1-2,5-11,13,16-17,20-28,32H2. The molecular weight excluding hydrogens is 815 g/mol. The van der Waals surface area contributed by atoms with Gasteiger partial charge in [0, 0.05) is 50.1 Å². The Morgan fingerprint density at radius 1 is 0.984 bits per heavy atom. The van der Waals surface area contributed by atoms with E-state index in [0.29, 0.717) is 61.7 Å². The molecule has 6 rings (SSSR count). The molecule has 2 aromatic rings. The number of carbonyl (C=O) groups excluding carboxylic acids is 1. The van der Waals surface area contributed by atoms with Crippen LogP contribution in [0.2, 0.25) is 0 Å². The number of benzene rings is 2. The Morgan fingerprint density at radius 3 is 2.52 bits per heavy atom. The molecule has 3 N–H and O–H groups in total. The first-order valence-electron chi connectivity index (χ1n) is 22.3. The molecule has 2 aromatic carbocycles. The number of carbonyl (C=O) groups is 1. The van der Waals surface area contributed by atoms with Crippen LogP contribution in [0.15, 0.2) is 84.6 Å². The highest BCUT2D eigenvalue weighted by molar-refractivity contribution is 6.03. The zero-order valence-corrected chi connectivity index (χ0v) is 36.1. The maximum absolute atomic E-state index is 14.4. The Balaban J connectivity index is 1.57. The lowest BCUT2D eigenvalue weighted by atomic mass is 9.55. The zero-order chi connectivity index (χ0) is 44.6. The molecule has 16 heteroatoms. The summed E-state index contributed by atoms with van der Waals surface area (Å²) in [7, 11) is 0. The van der Waals surface area contributed by atoms with Crippen molar-refractivity contribution in [1.29, 1.82) is 0 Å². The second-order valence-corrected chi connectivity index (χ2v) is 16.3. The fourth-order valence-corrected chi connectivity index (χ4v) is 9.44. The predicted molar refractivity (Wildman–Crippen MR) is 234 cm³/mol. The zero-order valence-electron chi connectivity index (χ0n) is 36.1. The van der Waals surface area contributed by atoms with Crippen LogP contribution in [0.4, 0.5) is 10.5 Å². The number of non-ortho nitro benzene ring substituents is 1. The van der Waals surface area contributed by atoms with E-state index in [9.17, 15) is 30.2 Å². The van der Waals surface area contributed by atoms with E-state index in [2.05, 4.69) is 19.2 Å². The van der Waals surface area contributed by atoms with Gasteiger partial charge in [0.2, 0.25) is 12.1 Å². The van der Waals surface area contributed by atoms with E-state index in [4.69, 9.17) is 38.4 Å². The topological polar surface area (TPSA) is 201 Å². The van der Waals surface area contributed by atoms with Crippen molar-refractivity contribution in [3.63, 3.8) is 0 Å². The number of amides is 1. The fourth-order valence-electron chi connectivity index (χ4n) is 9.44. The number of allylic oxidation sites excluding steroid dienone is 1. The fraction of sp³-hybridized carbons (Fsp3) is 0.574. The van der Waals surface area contributed by atoms with Gasteiger partial charge in [-0.2, -0.15) is 0 Å². The normalized spacial score (nSPS) is 25.4. The molecule has 2 aliphatic carbocycles. The van der Waals surface area contributed by atoms with Gasteiger partial charge in [0.25, 0.3) is 5.69 Å². The summed E-state index contributed by atoms with van der Waals surface area (Å²) in [5.41, 5.74) is 2.15. The smallest absolute Gasteiger partial charge is 0.410 e. The van der Waals surface area contributed by atoms with Crippen molar-refractivity contribution in [1.82, 2.24) is 4.90 Å². The molecule has 344 valence electrons. The molecule has 4 aliphatic rings. The van der Waals surface area contributed by atoms with Gasteiger partial charge in [-0.15, -0.1) is 13.2 Å². The molecule has 2 heterocycles. The lowest BCUT2D eigenvalue weighted by Gasteiger charge is -2.59. The molecule has 16 nitrogen and oxygen atoms in total. The van der Waals surface area contributed by atoms with Crippen molar-refractivity contribution in [2.24, 2.45) is 22.9 Å². The van der Waals surface area contributed by atoms with E-state index >= 15 is 0 Å². The molecule has 63 heavy (non-hydrogen) atoms. The van der Waals surface area contributed by atoms with E-state index < -0.39 is 35.1 Å². The summed E-state index contributed by atoms with van der Waals surface area (Å²) < 4.78 is 38.2. The first kappa shape index (κ1) is 47.6. The van der Waals surface area contributed by atoms with E-state index in [-0.39, 0.29) is 82.7 Å². The molecule has 0 aromatic heterocycles. The minimum Gasteiger partial charge on any atom is -0.459 e. The molecule has 1 amide bonds.